The summed E-state index contributed by atoms with van der Waals surface area (Å²) in [5, 5.41) is 16.9. The first-order valence-corrected chi connectivity index (χ1v) is 10.2. The normalized spacial score (nSPS) is 17.7. The molecular weight excluding hydrogens is 467 g/mol. The van der Waals surface area contributed by atoms with Crippen LogP contribution in [0.2, 0.25) is 0 Å². The number of hydrogen-bond acceptors (Lipinski definition) is 4. The molecule has 0 saturated carbocycles. The first-order valence-electron chi connectivity index (χ1n) is 10.2. The molecule has 1 aromatic carbocycles. The maximum atomic E-state index is 10.3. The first-order chi connectivity index (χ1) is 13.1. The predicted molar refractivity (Wildman–Crippen MR) is 127 cm³/mol. The van der Waals surface area contributed by atoms with E-state index in [0.717, 1.165) is 50.9 Å². The van der Waals surface area contributed by atoms with Crippen LogP contribution in [0.1, 0.15) is 26.3 Å². The third kappa shape index (κ3) is 9.07. The van der Waals surface area contributed by atoms with Gasteiger partial charge in [0.1, 0.15) is 0 Å². The van der Waals surface area contributed by atoms with Gasteiger partial charge in [-0.15, -0.1) is 24.0 Å². The van der Waals surface area contributed by atoms with Gasteiger partial charge in [-0.2, -0.15) is 0 Å². The van der Waals surface area contributed by atoms with E-state index in [1.807, 2.05) is 30.3 Å². The van der Waals surface area contributed by atoms with Crippen LogP contribution in [0, 0.1) is 5.92 Å². The molecule has 0 amide bonds. The topological polar surface area (TPSA) is 69.1 Å². The van der Waals surface area contributed by atoms with Gasteiger partial charge in [-0.25, -0.2) is 0 Å². The molecule has 1 saturated heterocycles. The number of benzene rings is 1. The highest BCUT2D eigenvalue weighted by molar-refractivity contribution is 14.0. The Balaban J connectivity index is 0.00000392. The van der Waals surface area contributed by atoms with Crippen molar-refractivity contribution in [1.82, 2.24) is 15.5 Å². The maximum Gasteiger partial charge on any atom is 0.191 e. The number of rotatable bonds is 9. The molecule has 0 spiro atoms. The molecule has 0 bridgehead atoms. The number of halogens is 1. The molecule has 1 fully saturated rings. The SMILES string of the molecule is CCNC(=NCC(C(C)C)N1CCOCC1)NCC(O)Cc1ccccc1.I. The number of aliphatic hydroxyl groups excluding tert-OH is 1. The van der Waals surface area contributed by atoms with Crippen molar-refractivity contribution < 1.29 is 9.84 Å². The summed E-state index contributed by atoms with van der Waals surface area (Å²) in [6, 6.07) is 10.5. The second kappa shape index (κ2) is 14.1. The molecule has 1 aliphatic heterocycles. The van der Waals surface area contributed by atoms with Crippen LogP contribution >= 0.6 is 24.0 Å². The van der Waals surface area contributed by atoms with Crippen molar-refractivity contribution in [2.75, 3.05) is 45.9 Å². The molecule has 1 aliphatic rings. The number of ether oxygens (including phenoxy) is 1. The highest BCUT2D eigenvalue weighted by Crippen LogP contribution is 2.13. The third-order valence-electron chi connectivity index (χ3n) is 4.88. The Morgan fingerprint density at radius 2 is 1.86 bits per heavy atom. The zero-order valence-electron chi connectivity index (χ0n) is 17.4. The molecule has 0 aromatic heterocycles. The van der Waals surface area contributed by atoms with Crippen molar-refractivity contribution in [3.05, 3.63) is 35.9 Å². The van der Waals surface area contributed by atoms with Crippen LogP contribution < -0.4 is 10.6 Å². The summed E-state index contributed by atoms with van der Waals surface area (Å²) >= 11 is 0. The molecule has 28 heavy (non-hydrogen) atoms. The zero-order valence-corrected chi connectivity index (χ0v) is 19.8. The van der Waals surface area contributed by atoms with Gasteiger partial charge < -0.3 is 20.5 Å². The fourth-order valence-corrected chi connectivity index (χ4v) is 3.36. The monoisotopic (exact) mass is 504 g/mol. The van der Waals surface area contributed by atoms with Crippen molar-refractivity contribution in [3.8, 4) is 0 Å². The number of morpholine rings is 1. The number of nitrogens with one attached hydrogen (secondary N) is 2. The molecule has 3 N–H and O–H groups in total. The number of aliphatic imine (C=N–C) groups is 1. The largest absolute Gasteiger partial charge is 0.391 e. The van der Waals surface area contributed by atoms with E-state index in [0.29, 0.717) is 24.9 Å². The first kappa shape index (κ1) is 25.1. The van der Waals surface area contributed by atoms with E-state index in [1.54, 1.807) is 0 Å². The quantitative estimate of drug-likeness (QED) is 0.273. The van der Waals surface area contributed by atoms with Crippen LogP contribution in [0.15, 0.2) is 35.3 Å². The molecule has 160 valence electrons. The van der Waals surface area contributed by atoms with E-state index in [1.165, 1.54) is 0 Å². The van der Waals surface area contributed by atoms with Gasteiger partial charge in [0.25, 0.3) is 0 Å². The van der Waals surface area contributed by atoms with E-state index in [4.69, 9.17) is 9.73 Å². The Kier molecular flexibility index (Phi) is 12.7. The van der Waals surface area contributed by atoms with Crippen LogP contribution in [0.5, 0.6) is 0 Å². The molecule has 0 radical (unpaired) electrons. The fraction of sp³-hybridized carbons (Fsp3) is 0.667. The van der Waals surface area contributed by atoms with Crippen LogP contribution in [-0.2, 0) is 11.2 Å². The lowest BCUT2D eigenvalue weighted by atomic mass is 10.0. The summed E-state index contributed by atoms with van der Waals surface area (Å²) in [7, 11) is 0. The van der Waals surface area contributed by atoms with Gasteiger partial charge in [-0.05, 0) is 18.4 Å². The lowest BCUT2D eigenvalue weighted by Gasteiger charge is -2.36. The summed E-state index contributed by atoms with van der Waals surface area (Å²) in [5.41, 5.74) is 1.14. The van der Waals surface area contributed by atoms with Crippen LogP contribution in [0.4, 0.5) is 0 Å². The summed E-state index contributed by atoms with van der Waals surface area (Å²) in [5.74, 6) is 1.29. The van der Waals surface area contributed by atoms with Crippen molar-refractivity contribution in [1.29, 1.82) is 0 Å². The van der Waals surface area contributed by atoms with Crippen molar-refractivity contribution in [2.24, 2.45) is 10.9 Å². The molecular formula is C21H37IN4O2. The smallest absolute Gasteiger partial charge is 0.191 e. The average Bonchev–Trinajstić information content (AvgIpc) is 2.67. The Hall–Kier alpha value is -0.900. The van der Waals surface area contributed by atoms with E-state index in [-0.39, 0.29) is 24.0 Å². The summed E-state index contributed by atoms with van der Waals surface area (Å²) in [6.45, 7) is 12.1. The summed E-state index contributed by atoms with van der Waals surface area (Å²) < 4.78 is 5.48. The minimum atomic E-state index is -0.448. The zero-order chi connectivity index (χ0) is 19.5. The van der Waals surface area contributed by atoms with Crippen LogP contribution in [0.25, 0.3) is 0 Å². The third-order valence-corrected chi connectivity index (χ3v) is 4.88. The van der Waals surface area contributed by atoms with Crippen molar-refractivity contribution in [2.45, 2.75) is 39.3 Å². The molecule has 6 nitrogen and oxygen atoms in total. The van der Waals surface area contributed by atoms with E-state index in [9.17, 15) is 5.11 Å². The standard InChI is InChI=1S/C21H36N4O2.HI/c1-4-22-21(23-15-19(26)14-18-8-6-5-7-9-18)24-16-20(17(2)3)25-10-12-27-13-11-25;/h5-9,17,19-20,26H,4,10-16H2,1-3H3,(H2,22,23,24);1H. The molecule has 2 unspecified atom stereocenters. The van der Waals surface area contributed by atoms with Gasteiger partial charge in [0.2, 0.25) is 0 Å². The minimum Gasteiger partial charge on any atom is -0.391 e. The van der Waals surface area contributed by atoms with Gasteiger partial charge >= 0.3 is 0 Å². The molecule has 0 aliphatic carbocycles. The molecule has 1 aromatic rings. The van der Waals surface area contributed by atoms with Gasteiger partial charge in [-0.3, -0.25) is 9.89 Å². The van der Waals surface area contributed by atoms with Crippen LogP contribution in [0.3, 0.4) is 0 Å². The van der Waals surface area contributed by atoms with Crippen molar-refractivity contribution in [3.63, 3.8) is 0 Å². The summed E-state index contributed by atoms with van der Waals surface area (Å²) in [6.07, 6.45) is 0.187. The predicted octanol–water partition coefficient (Wildman–Crippen LogP) is 2.12. The van der Waals surface area contributed by atoms with E-state index in [2.05, 4.69) is 36.3 Å². The lowest BCUT2D eigenvalue weighted by molar-refractivity contribution is 0.00867. The molecule has 1 heterocycles. The Labute approximate surface area is 187 Å². The number of guanidine groups is 1. The highest BCUT2D eigenvalue weighted by atomic mass is 127. The maximum absolute atomic E-state index is 10.3. The highest BCUT2D eigenvalue weighted by Gasteiger charge is 2.23. The van der Waals surface area contributed by atoms with Crippen molar-refractivity contribution >= 4 is 29.9 Å². The average molecular weight is 504 g/mol. The van der Waals surface area contributed by atoms with Gasteiger partial charge in [0.15, 0.2) is 5.96 Å². The molecule has 2 rings (SSSR count). The second-order valence-electron chi connectivity index (χ2n) is 7.40. The Morgan fingerprint density at radius 1 is 1.18 bits per heavy atom. The Bertz CT molecular complexity index is 551. The van der Waals surface area contributed by atoms with Crippen LogP contribution in [-0.4, -0.2) is 74.0 Å². The minimum absolute atomic E-state index is 0. The number of nitrogens with zero attached hydrogens (tertiary/aromatic N) is 2. The fourth-order valence-electron chi connectivity index (χ4n) is 3.36. The van der Waals surface area contributed by atoms with Gasteiger partial charge in [-0.1, -0.05) is 44.2 Å². The molecule has 2 atom stereocenters. The van der Waals surface area contributed by atoms with E-state index < -0.39 is 6.10 Å². The van der Waals surface area contributed by atoms with Gasteiger partial charge in [0, 0.05) is 38.6 Å². The van der Waals surface area contributed by atoms with E-state index >= 15 is 0 Å². The molecule has 7 heteroatoms. The number of hydrogen-bond donors (Lipinski definition) is 3. The Morgan fingerprint density at radius 3 is 2.46 bits per heavy atom. The number of aliphatic hydroxyl groups is 1. The summed E-state index contributed by atoms with van der Waals surface area (Å²) in [4.78, 5) is 7.27. The lowest BCUT2D eigenvalue weighted by Crippen LogP contribution is -2.48. The van der Waals surface area contributed by atoms with Gasteiger partial charge in [0.05, 0.1) is 25.9 Å². The second-order valence-corrected chi connectivity index (χ2v) is 7.40.